The Hall–Kier alpha value is -1.56. The summed E-state index contributed by atoms with van der Waals surface area (Å²) in [7, 11) is 3.50. The number of piperidine rings is 1. The van der Waals surface area contributed by atoms with E-state index in [1.54, 1.807) is 0 Å². The molecule has 1 saturated heterocycles. The topological polar surface area (TPSA) is 73.4 Å². The van der Waals surface area contributed by atoms with Gasteiger partial charge in [-0.05, 0) is 38.4 Å². The molecule has 6 heteroatoms. The number of nitrogens with two attached hydrogens (primary N) is 1. The van der Waals surface area contributed by atoms with Crippen LogP contribution in [0.1, 0.15) is 43.0 Å². The number of hydrogen-bond donors (Lipinski definition) is 1. The zero-order chi connectivity index (χ0) is 15.6. The number of ether oxygens (including phenoxy) is 1. The number of esters is 1. The lowest BCUT2D eigenvalue weighted by molar-refractivity contribution is 0.0595. The van der Waals surface area contributed by atoms with Gasteiger partial charge in [0.2, 0.25) is 0 Å². The van der Waals surface area contributed by atoms with E-state index in [1.165, 1.54) is 7.11 Å². The number of hydrogen-bond acceptors (Lipinski definition) is 5. The summed E-state index contributed by atoms with van der Waals surface area (Å²) in [6.45, 7) is 7.31. The molecule has 0 bridgehead atoms. The van der Waals surface area contributed by atoms with Gasteiger partial charge in [0, 0.05) is 13.0 Å². The minimum atomic E-state index is -0.463. The minimum Gasteiger partial charge on any atom is -0.464 e. The first-order valence-electron chi connectivity index (χ1n) is 7.52. The number of anilines is 1. The molecule has 0 aliphatic carbocycles. The van der Waals surface area contributed by atoms with Crippen molar-refractivity contribution < 1.29 is 9.53 Å². The zero-order valence-corrected chi connectivity index (χ0v) is 13.5. The van der Waals surface area contributed by atoms with Crippen LogP contribution < -0.4 is 5.73 Å². The maximum absolute atomic E-state index is 11.7. The summed E-state index contributed by atoms with van der Waals surface area (Å²) in [4.78, 5) is 18.5. The van der Waals surface area contributed by atoms with Crippen molar-refractivity contribution in [2.45, 2.75) is 39.7 Å². The molecule has 0 aromatic carbocycles. The lowest BCUT2D eigenvalue weighted by atomic mass is 9.80. The number of imidazole rings is 1. The van der Waals surface area contributed by atoms with E-state index >= 15 is 0 Å². The van der Waals surface area contributed by atoms with E-state index in [0.717, 1.165) is 44.7 Å². The molecule has 1 aliphatic heterocycles. The van der Waals surface area contributed by atoms with Gasteiger partial charge in [-0.1, -0.05) is 13.8 Å². The number of aryl methyl sites for hydroxylation is 1. The van der Waals surface area contributed by atoms with Gasteiger partial charge >= 0.3 is 5.97 Å². The van der Waals surface area contributed by atoms with E-state index < -0.39 is 5.97 Å². The quantitative estimate of drug-likeness (QED) is 0.853. The fourth-order valence-electron chi connectivity index (χ4n) is 2.90. The van der Waals surface area contributed by atoms with Crippen LogP contribution in [0.5, 0.6) is 0 Å². The van der Waals surface area contributed by atoms with Crippen LogP contribution in [-0.2, 0) is 17.7 Å². The fourth-order valence-corrected chi connectivity index (χ4v) is 2.90. The number of nitrogen functional groups attached to an aromatic ring is 1. The van der Waals surface area contributed by atoms with Crippen molar-refractivity contribution >= 4 is 11.8 Å². The molecule has 1 aromatic rings. The van der Waals surface area contributed by atoms with Crippen LogP contribution in [0.25, 0.3) is 0 Å². The predicted octanol–water partition coefficient (Wildman–Crippen LogP) is 1.55. The van der Waals surface area contributed by atoms with Crippen LogP contribution in [0.2, 0.25) is 0 Å². The third-order valence-electron chi connectivity index (χ3n) is 4.51. The van der Waals surface area contributed by atoms with E-state index in [4.69, 9.17) is 10.5 Å². The van der Waals surface area contributed by atoms with Gasteiger partial charge in [-0.2, -0.15) is 0 Å². The van der Waals surface area contributed by atoms with E-state index in [-0.39, 0.29) is 11.1 Å². The lowest BCUT2D eigenvalue weighted by Gasteiger charge is -2.38. The second-order valence-corrected chi connectivity index (χ2v) is 6.31. The smallest absolute Gasteiger partial charge is 0.360 e. The largest absolute Gasteiger partial charge is 0.464 e. The van der Waals surface area contributed by atoms with Gasteiger partial charge in [0.15, 0.2) is 5.69 Å². The van der Waals surface area contributed by atoms with E-state index in [2.05, 4.69) is 23.9 Å². The molecule has 21 heavy (non-hydrogen) atoms. The summed E-state index contributed by atoms with van der Waals surface area (Å²) in [5, 5.41) is 0. The van der Waals surface area contributed by atoms with E-state index in [1.807, 2.05) is 11.5 Å². The highest BCUT2D eigenvalue weighted by molar-refractivity contribution is 5.92. The number of rotatable bonds is 4. The Labute approximate surface area is 126 Å². The predicted molar refractivity (Wildman–Crippen MR) is 82.2 cm³/mol. The van der Waals surface area contributed by atoms with Crippen molar-refractivity contribution in [3.63, 3.8) is 0 Å². The van der Waals surface area contributed by atoms with Gasteiger partial charge in [-0.3, -0.25) is 0 Å². The van der Waals surface area contributed by atoms with Crippen LogP contribution in [0.15, 0.2) is 0 Å². The van der Waals surface area contributed by atoms with Gasteiger partial charge in [-0.25, -0.2) is 9.78 Å². The summed E-state index contributed by atoms with van der Waals surface area (Å²) < 4.78 is 6.76. The first kappa shape index (κ1) is 15.8. The lowest BCUT2D eigenvalue weighted by Crippen LogP contribution is -2.39. The fraction of sp³-hybridized carbons (Fsp3) is 0.733. The molecule has 118 valence electrons. The summed E-state index contributed by atoms with van der Waals surface area (Å²) in [5.74, 6) is 0.821. The number of aromatic nitrogens is 2. The highest BCUT2D eigenvalue weighted by Crippen LogP contribution is 2.34. The van der Waals surface area contributed by atoms with Crippen molar-refractivity contribution in [2.75, 3.05) is 33.0 Å². The summed E-state index contributed by atoms with van der Waals surface area (Å²) in [5.41, 5.74) is 6.58. The van der Waals surface area contributed by atoms with Crippen molar-refractivity contribution in [3.8, 4) is 0 Å². The van der Waals surface area contributed by atoms with E-state index in [0.29, 0.717) is 5.82 Å². The van der Waals surface area contributed by atoms with Crippen LogP contribution in [0.4, 0.5) is 5.82 Å². The third kappa shape index (κ3) is 3.20. The van der Waals surface area contributed by atoms with Gasteiger partial charge in [0.1, 0.15) is 11.6 Å². The molecular formula is C15H26N4O2. The molecule has 2 rings (SSSR count). The highest BCUT2D eigenvalue weighted by Gasteiger charge is 2.31. The average Bonchev–Trinajstić information content (AvgIpc) is 2.78. The Balaban J connectivity index is 2.27. The van der Waals surface area contributed by atoms with Gasteiger partial charge in [-0.15, -0.1) is 0 Å². The van der Waals surface area contributed by atoms with Crippen LogP contribution >= 0.6 is 0 Å². The van der Waals surface area contributed by atoms with Crippen LogP contribution in [0.3, 0.4) is 0 Å². The molecule has 1 aliphatic rings. The third-order valence-corrected chi connectivity index (χ3v) is 4.51. The molecule has 1 aromatic heterocycles. The Morgan fingerprint density at radius 3 is 2.57 bits per heavy atom. The maximum Gasteiger partial charge on any atom is 0.360 e. The molecule has 0 spiro atoms. The summed E-state index contributed by atoms with van der Waals surface area (Å²) >= 11 is 0. The molecule has 0 amide bonds. The molecule has 2 N–H and O–H groups in total. The van der Waals surface area contributed by atoms with Crippen molar-refractivity contribution in [1.82, 2.24) is 14.5 Å². The second kappa shape index (κ2) is 6.05. The number of methoxy groups -OCH3 is 1. The average molecular weight is 294 g/mol. The van der Waals surface area contributed by atoms with E-state index in [9.17, 15) is 4.79 Å². The maximum atomic E-state index is 11.7. The monoisotopic (exact) mass is 294 g/mol. The molecule has 0 atom stereocenters. The summed E-state index contributed by atoms with van der Waals surface area (Å²) in [6.07, 6.45) is 2.99. The number of likely N-dealkylation sites (tertiary alicyclic amines) is 1. The van der Waals surface area contributed by atoms with Gasteiger partial charge < -0.3 is 19.9 Å². The van der Waals surface area contributed by atoms with Crippen molar-refractivity contribution in [3.05, 3.63) is 11.5 Å². The first-order chi connectivity index (χ1) is 9.90. The highest BCUT2D eigenvalue weighted by atomic mass is 16.5. The molecular weight excluding hydrogens is 268 g/mol. The van der Waals surface area contributed by atoms with Crippen molar-refractivity contribution in [1.29, 1.82) is 0 Å². The Kier molecular flexibility index (Phi) is 4.56. The standard InChI is InChI=1S/C15H26N4O2/c1-5-11-17-12(14(20)21-4)13(16)19(11)10-15(2)6-8-18(3)9-7-15/h5-10,16H2,1-4H3. The second-order valence-electron chi connectivity index (χ2n) is 6.31. The number of carbonyl (C=O) groups is 1. The van der Waals surface area contributed by atoms with Crippen LogP contribution in [0, 0.1) is 5.41 Å². The molecule has 1 fully saturated rings. The Bertz CT molecular complexity index is 516. The normalized spacial score (nSPS) is 18.7. The summed E-state index contributed by atoms with van der Waals surface area (Å²) in [6, 6.07) is 0. The van der Waals surface area contributed by atoms with Gasteiger partial charge in [0.05, 0.1) is 7.11 Å². The molecule has 2 heterocycles. The minimum absolute atomic E-state index is 0.193. The number of nitrogens with zero attached hydrogens (tertiary/aromatic N) is 3. The van der Waals surface area contributed by atoms with Crippen LogP contribution in [-0.4, -0.2) is 47.7 Å². The van der Waals surface area contributed by atoms with Gasteiger partial charge in [0.25, 0.3) is 0 Å². The SMILES string of the molecule is CCc1nc(C(=O)OC)c(N)n1CC1(C)CCN(C)CC1. The Morgan fingerprint density at radius 1 is 1.43 bits per heavy atom. The zero-order valence-electron chi connectivity index (χ0n) is 13.5. The molecule has 0 saturated carbocycles. The molecule has 0 unspecified atom stereocenters. The first-order valence-corrected chi connectivity index (χ1v) is 7.52. The number of carbonyl (C=O) groups excluding carboxylic acids is 1. The molecule has 6 nitrogen and oxygen atoms in total. The molecule has 0 radical (unpaired) electrons. The van der Waals surface area contributed by atoms with Crippen molar-refractivity contribution in [2.24, 2.45) is 5.41 Å². The Morgan fingerprint density at radius 2 is 2.05 bits per heavy atom.